The van der Waals surface area contributed by atoms with E-state index in [0.29, 0.717) is 11.7 Å². The summed E-state index contributed by atoms with van der Waals surface area (Å²) in [4.78, 5) is 0. The Bertz CT molecular complexity index is 1310. The van der Waals surface area contributed by atoms with Crippen molar-refractivity contribution in [3.8, 4) is 5.75 Å². The molecule has 0 fully saturated rings. The van der Waals surface area contributed by atoms with Gasteiger partial charge in [0.15, 0.2) is 0 Å². The van der Waals surface area contributed by atoms with Gasteiger partial charge < -0.3 is 0 Å². The third-order valence-corrected chi connectivity index (χ3v) is 22.1. The van der Waals surface area contributed by atoms with Gasteiger partial charge in [-0.05, 0) is 0 Å². The van der Waals surface area contributed by atoms with Crippen LogP contribution in [0.2, 0.25) is 18.1 Å². The van der Waals surface area contributed by atoms with Crippen LogP contribution in [-0.2, 0) is 17.2 Å². The Morgan fingerprint density at radius 2 is 1.20 bits per heavy atom. The number of hydrogen-bond acceptors (Lipinski definition) is 2. The van der Waals surface area contributed by atoms with Crippen molar-refractivity contribution in [1.82, 2.24) is 0 Å². The molecule has 0 radical (unpaired) electrons. The van der Waals surface area contributed by atoms with E-state index in [1.54, 1.807) is 6.07 Å². The zero-order chi connectivity index (χ0) is 29.0. The fourth-order valence-electron chi connectivity index (χ4n) is 4.81. The van der Waals surface area contributed by atoms with Gasteiger partial charge in [0, 0.05) is 0 Å². The molecule has 4 aromatic rings. The van der Waals surface area contributed by atoms with Crippen LogP contribution < -0.4 is 20.7 Å². The number of hydrogen-bond donors (Lipinski definition) is 0. The number of benzene rings is 4. The minimum atomic E-state index is -3.26. The van der Waals surface area contributed by atoms with Crippen molar-refractivity contribution < 1.29 is 17.9 Å². The van der Waals surface area contributed by atoms with Crippen LogP contribution in [0.1, 0.15) is 31.9 Å². The van der Waals surface area contributed by atoms with E-state index in [9.17, 15) is 8.78 Å². The molecule has 0 aliphatic heterocycles. The second-order valence-corrected chi connectivity index (χ2v) is 25.5. The summed E-state index contributed by atoms with van der Waals surface area (Å²) < 4.78 is 38.3. The van der Waals surface area contributed by atoms with Crippen LogP contribution in [-0.4, -0.2) is 14.9 Å². The monoisotopic (exact) mass is 642 g/mol. The first-order valence-electron chi connectivity index (χ1n) is 13.5. The number of alkyl halides is 2. The minimum absolute atomic E-state index is 0.0101. The molecule has 40 heavy (non-hydrogen) atoms. The second-order valence-electron chi connectivity index (χ2n) is 11.7. The number of ether oxygens (including phenoxy) is 1. The molecular formula is C33H38BrF2O2PSi. The fraction of sp³-hybridized carbons (Fsp3) is 0.273. The van der Waals surface area contributed by atoms with Gasteiger partial charge in [0.2, 0.25) is 0 Å². The third kappa shape index (κ3) is 6.11. The van der Waals surface area contributed by atoms with E-state index in [1.807, 2.05) is 30.3 Å². The summed E-state index contributed by atoms with van der Waals surface area (Å²) in [6.07, 6.45) is 0.645. The van der Waals surface area contributed by atoms with Crippen molar-refractivity contribution in [2.45, 2.75) is 58.3 Å². The van der Waals surface area contributed by atoms with Gasteiger partial charge in [0.25, 0.3) is 0 Å². The first kappa shape index (κ1) is 30.6. The topological polar surface area (TPSA) is 18.5 Å². The molecule has 0 saturated heterocycles. The number of rotatable bonds is 10. The van der Waals surface area contributed by atoms with Crippen LogP contribution in [0.5, 0.6) is 5.75 Å². The molecule has 4 aromatic carbocycles. The average molecular weight is 644 g/mol. The Kier molecular flexibility index (Phi) is 9.06. The molecule has 212 valence electrons. The van der Waals surface area contributed by atoms with E-state index in [-0.39, 0.29) is 17.4 Å². The molecule has 7 heteroatoms. The second kappa shape index (κ2) is 11.9. The van der Waals surface area contributed by atoms with Crippen LogP contribution in [0.4, 0.5) is 8.78 Å². The Morgan fingerprint density at radius 3 is 1.60 bits per heavy atom. The summed E-state index contributed by atoms with van der Waals surface area (Å²) in [6, 6.07) is 37.2. The molecule has 0 heterocycles. The van der Waals surface area contributed by atoms with Gasteiger partial charge in [-0.25, -0.2) is 0 Å². The van der Waals surface area contributed by atoms with Crippen molar-refractivity contribution in [2.75, 3.05) is 0 Å². The third-order valence-electron chi connectivity index (χ3n) is 8.10. The summed E-state index contributed by atoms with van der Waals surface area (Å²) in [6.45, 7) is 8.13. The summed E-state index contributed by atoms with van der Waals surface area (Å²) in [5.41, 5.74) is 1.65. The molecule has 2 nitrogen and oxygen atoms in total. The van der Waals surface area contributed by atoms with Gasteiger partial charge in [-0.2, -0.15) is 0 Å². The van der Waals surface area contributed by atoms with E-state index in [4.69, 9.17) is 9.16 Å². The molecule has 0 atom stereocenters. The quantitative estimate of drug-likeness (QED) is 0.127. The molecule has 0 N–H and O–H groups in total. The molecular weight excluding hydrogens is 605 g/mol. The maximum absolute atomic E-state index is 13.4. The van der Waals surface area contributed by atoms with Crippen LogP contribution in [0.3, 0.4) is 0 Å². The van der Waals surface area contributed by atoms with Gasteiger partial charge in [-0.3, -0.25) is 0 Å². The summed E-state index contributed by atoms with van der Waals surface area (Å²) in [5.74, 6) is 0.159. The van der Waals surface area contributed by atoms with Crippen LogP contribution in [0.15, 0.2) is 109 Å². The first-order chi connectivity index (χ1) is 18.8. The normalized spacial score (nSPS) is 13.6. The van der Waals surface area contributed by atoms with Crippen molar-refractivity contribution in [2.24, 2.45) is 0 Å². The predicted octanol–water partition coefficient (Wildman–Crippen LogP) is 9.15. The maximum atomic E-state index is 13.4. The van der Waals surface area contributed by atoms with E-state index < -0.39 is 20.2 Å². The van der Waals surface area contributed by atoms with Crippen LogP contribution in [0.25, 0.3) is 0 Å². The van der Waals surface area contributed by atoms with Gasteiger partial charge >= 0.3 is 247 Å². The van der Waals surface area contributed by atoms with Gasteiger partial charge in [0.1, 0.15) is 0 Å². The average Bonchev–Trinajstić information content (AvgIpc) is 2.94. The molecule has 0 saturated carbocycles. The molecule has 0 aliphatic rings. The zero-order valence-corrected chi connectivity index (χ0v) is 27.3. The number of halogens is 3. The Labute approximate surface area is 246 Å². The van der Waals surface area contributed by atoms with E-state index >= 15 is 0 Å². The van der Waals surface area contributed by atoms with Crippen molar-refractivity contribution >= 4 is 45.0 Å². The SMILES string of the molecule is CC(C)(C)[Si](C)(C)OCc1cc(CP(Br)(c2ccccc2)(c2ccccc2)c2ccccc2)ccc1OC(F)F. The van der Waals surface area contributed by atoms with Crippen molar-refractivity contribution in [3.05, 3.63) is 120 Å². The molecule has 0 aliphatic carbocycles. The van der Waals surface area contributed by atoms with Crippen molar-refractivity contribution in [1.29, 1.82) is 0 Å². The van der Waals surface area contributed by atoms with Crippen LogP contribution in [0, 0.1) is 0 Å². The summed E-state index contributed by atoms with van der Waals surface area (Å²) in [7, 11) is -2.13. The van der Waals surface area contributed by atoms with Crippen LogP contribution >= 0.6 is 20.8 Å². The zero-order valence-electron chi connectivity index (χ0n) is 23.8. The fourth-order valence-corrected chi connectivity index (χ4v) is 13.5. The first-order valence-corrected chi connectivity index (χ1v) is 20.8. The van der Waals surface area contributed by atoms with E-state index in [2.05, 4.69) is 122 Å². The van der Waals surface area contributed by atoms with Crippen molar-refractivity contribution in [3.63, 3.8) is 0 Å². The molecule has 0 aromatic heterocycles. The Morgan fingerprint density at radius 1 is 0.750 bits per heavy atom. The van der Waals surface area contributed by atoms with Gasteiger partial charge in [-0.15, -0.1) is 0 Å². The molecule has 0 bridgehead atoms. The van der Waals surface area contributed by atoms with E-state index in [0.717, 1.165) is 5.56 Å². The Balaban J connectivity index is 1.90. The van der Waals surface area contributed by atoms with E-state index in [1.165, 1.54) is 15.9 Å². The Hall–Kier alpha value is -2.37. The molecule has 0 amide bonds. The molecule has 4 rings (SSSR count). The summed E-state index contributed by atoms with van der Waals surface area (Å²) in [5, 5.41) is 0.309. The predicted molar refractivity (Wildman–Crippen MR) is 173 cm³/mol. The summed E-state index contributed by atoms with van der Waals surface area (Å²) >= 11 is 4.49. The standard InChI is InChI=1S/C33H38BrF2O2PSi/c1-33(2,3)40(4,5)37-24-27-23-26(21-22-31(27)38-32(35)36)25-39(34,28-15-9-6-10-16-28,29-17-11-7-12-18-29)30-19-13-8-14-20-30/h6-23,32H,24-25H2,1-5H3. The molecule has 0 unspecified atom stereocenters. The van der Waals surface area contributed by atoms with Gasteiger partial charge in [0.05, 0.1) is 0 Å². The van der Waals surface area contributed by atoms with Gasteiger partial charge in [-0.1, -0.05) is 0 Å². The molecule has 0 spiro atoms.